The second kappa shape index (κ2) is 5.09. The van der Waals surface area contributed by atoms with Crippen molar-refractivity contribution in [1.29, 1.82) is 0 Å². The van der Waals surface area contributed by atoms with Gasteiger partial charge in [-0.15, -0.1) is 0 Å². The molecular formula is C14H15F2N3. The Balaban J connectivity index is 1.80. The van der Waals surface area contributed by atoms with Crippen LogP contribution in [-0.2, 0) is 6.54 Å². The second-order valence-electron chi connectivity index (χ2n) is 4.93. The fourth-order valence-corrected chi connectivity index (χ4v) is 2.46. The van der Waals surface area contributed by atoms with Crippen molar-refractivity contribution in [2.75, 3.05) is 13.1 Å². The zero-order valence-electron chi connectivity index (χ0n) is 10.4. The molecule has 100 valence electrons. The lowest BCUT2D eigenvalue weighted by Crippen LogP contribution is -2.14. The Morgan fingerprint density at radius 1 is 1.37 bits per heavy atom. The van der Waals surface area contributed by atoms with Crippen molar-refractivity contribution < 1.29 is 8.78 Å². The van der Waals surface area contributed by atoms with Gasteiger partial charge >= 0.3 is 0 Å². The van der Waals surface area contributed by atoms with Gasteiger partial charge in [-0.25, -0.2) is 8.78 Å². The molecule has 0 aliphatic carbocycles. The van der Waals surface area contributed by atoms with Gasteiger partial charge in [0.2, 0.25) is 0 Å². The first-order valence-corrected chi connectivity index (χ1v) is 6.41. The van der Waals surface area contributed by atoms with Crippen LogP contribution in [-0.4, -0.2) is 22.9 Å². The highest BCUT2D eigenvalue weighted by molar-refractivity contribution is 5.62. The van der Waals surface area contributed by atoms with Gasteiger partial charge < -0.3 is 5.32 Å². The predicted octanol–water partition coefficient (Wildman–Crippen LogP) is 2.44. The van der Waals surface area contributed by atoms with Crippen LogP contribution in [0.3, 0.4) is 0 Å². The maximum absolute atomic E-state index is 13.7. The Morgan fingerprint density at radius 3 is 3.00 bits per heavy atom. The van der Waals surface area contributed by atoms with Gasteiger partial charge in [0.1, 0.15) is 11.6 Å². The highest BCUT2D eigenvalue weighted by Crippen LogP contribution is 2.23. The van der Waals surface area contributed by atoms with Crippen LogP contribution < -0.4 is 5.32 Å². The summed E-state index contributed by atoms with van der Waals surface area (Å²) in [4.78, 5) is 0. The number of aromatic nitrogens is 2. The minimum Gasteiger partial charge on any atom is -0.316 e. The van der Waals surface area contributed by atoms with Crippen LogP contribution in [0.2, 0.25) is 0 Å². The van der Waals surface area contributed by atoms with Gasteiger partial charge in [0.05, 0.1) is 6.20 Å². The molecular weight excluding hydrogens is 248 g/mol. The average Bonchev–Trinajstić information content (AvgIpc) is 3.01. The van der Waals surface area contributed by atoms with Crippen LogP contribution in [0, 0.1) is 17.6 Å². The molecule has 0 radical (unpaired) electrons. The molecule has 0 bridgehead atoms. The molecule has 2 heterocycles. The SMILES string of the molecule is Fc1ccc(-c2cnn(CC3CCNC3)c2)c(F)c1. The van der Waals surface area contributed by atoms with Gasteiger partial charge in [0.15, 0.2) is 0 Å². The van der Waals surface area contributed by atoms with Gasteiger partial charge in [-0.1, -0.05) is 0 Å². The lowest BCUT2D eigenvalue weighted by molar-refractivity contribution is 0.449. The smallest absolute Gasteiger partial charge is 0.134 e. The van der Waals surface area contributed by atoms with Gasteiger partial charge in [-0.3, -0.25) is 4.68 Å². The Bertz CT molecular complexity index is 574. The van der Waals surface area contributed by atoms with E-state index in [1.807, 2.05) is 10.9 Å². The molecule has 1 saturated heterocycles. The van der Waals surface area contributed by atoms with E-state index >= 15 is 0 Å². The fraction of sp³-hybridized carbons (Fsp3) is 0.357. The number of nitrogens with zero attached hydrogens (tertiary/aromatic N) is 2. The maximum Gasteiger partial charge on any atom is 0.134 e. The lowest BCUT2D eigenvalue weighted by atomic mass is 10.1. The summed E-state index contributed by atoms with van der Waals surface area (Å²) in [5, 5.41) is 7.55. The molecule has 19 heavy (non-hydrogen) atoms. The number of hydrogen-bond acceptors (Lipinski definition) is 2. The van der Waals surface area contributed by atoms with Crippen LogP contribution in [0.15, 0.2) is 30.6 Å². The summed E-state index contributed by atoms with van der Waals surface area (Å²) in [7, 11) is 0. The molecule has 2 aromatic rings. The average molecular weight is 263 g/mol. The first-order valence-electron chi connectivity index (χ1n) is 6.41. The topological polar surface area (TPSA) is 29.9 Å². The van der Waals surface area contributed by atoms with Gasteiger partial charge in [0.25, 0.3) is 0 Å². The Labute approximate surface area is 110 Å². The highest BCUT2D eigenvalue weighted by atomic mass is 19.1. The quantitative estimate of drug-likeness (QED) is 0.921. The summed E-state index contributed by atoms with van der Waals surface area (Å²) in [5.41, 5.74) is 1.07. The third-order valence-electron chi connectivity index (χ3n) is 3.48. The van der Waals surface area contributed by atoms with E-state index in [0.29, 0.717) is 17.0 Å². The van der Waals surface area contributed by atoms with Crippen molar-refractivity contribution in [1.82, 2.24) is 15.1 Å². The van der Waals surface area contributed by atoms with Crippen LogP contribution in [0.4, 0.5) is 8.78 Å². The summed E-state index contributed by atoms with van der Waals surface area (Å²) in [6.45, 7) is 2.88. The second-order valence-corrected chi connectivity index (χ2v) is 4.93. The van der Waals surface area contributed by atoms with Crippen LogP contribution in [0.25, 0.3) is 11.1 Å². The molecule has 1 fully saturated rings. The fourth-order valence-electron chi connectivity index (χ4n) is 2.46. The number of halogens is 2. The molecule has 0 spiro atoms. The Kier molecular flexibility index (Phi) is 3.29. The zero-order valence-corrected chi connectivity index (χ0v) is 10.4. The number of nitrogens with one attached hydrogen (secondary N) is 1. The van der Waals surface area contributed by atoms with Crippen LogP contribution in [0.1, 0.15) is 6.42 Å². The number of benzene rings is 1. The van der Waals surface area contributed by atoms with Crippen molar-refractivity contribution in [2.24, 2.45) is 5.92 Å². The van der Waals surface area contributed by atoms with E-state index in [9.17, 15) is 8.78 Å². The van der Waals surface area contributed by atoms with Gasteiger partial charge in [-0.2, -0.15) is 5.10 Å². The van der Waals surface area contributed by atoms with Crippen molar-refractivity contribution >= 4 is 0 Å². The minimum atomic E-state index is -0.564. The molecule has 3 rings (SSSR count). The maximum atomic E-state index is 13.7. The van der Waals surface area contributed by atoms with E-state index in [-0.39, 0.29) is 0 Å². The molecule has 1 aromatic carbocycles. The number of hydrogen-bond donors (Lipinski definition) is 1. The van der Waals surface area contributed by atoms with E-state index in [2.05, 4.69) is 10.4 Å². The van der Waals surface area contributed by atoms with E-state index in [4.69, 9.17) is 0 Å². The zero-order chi connectivity index (χ0) is 13.2. The minimum absolute atomic E-state index is 0.386. The van der Waals surface area contributed by atoms with E-state index in [1.54, 1.807) is 6.20 Å². The molecule has 1 N–H and O–H groups in total. The summed E-state index contributed by atoms with van der Waals surface area (Å²) < 4.78 is 28.4. The molecule has 1 unspecified atom stereocenters. The Morgan fingerprint density at radius 2 is 2.26 bits per heavy atom. The monoisotopic (exact) mass is 263 g/mol. The third-order valence-corrected chi connectivity index (χ3v) is 3.48. The molecule has 1 aromatic heterocycles. The summed E-state index contributed by atoms with van der Waals surface area (Å²) in [6.07, 6.45) is 4.58. The van der Waals surface area contributed by atoms with Crippen LogP contribution >= 0.6 is 0 Å². The van der Waals surface area contributed by atoms with E-state index in [0.717, 1.165) is 32.1 Å². The third kappa shape index (κ3) is 2.66. The van der Waals surface area contributed by atoms with E-state index in [1.165, 1.54) is 12.1 Å². The van der Waals surface area contributed by atoms with Crippen molar-refractivity contribution in [3.05, 3.63) is 42.2 Å². The van der Waals surface area contributed by atoms with Crippen LogP contribution in [0.5, 0.6) is 0 Å². The summed E-state index contributed by atoms with van der Waals surface area (Å²) in [5.74, 6) is -0.543. The predicted molar refractivity (Wildman–Crippen MR) is 68.6 cm³/mol. The van der Waals surface area contributed by atoms with Crippen molar-refractivity contribution in [3.8, 4) is 11.1 Å². The largest absolute Gasteiger partial charge is 0.316 e. The van der Waals surface area contributed by atoms with E-state index < -0.39 is 11.6 Å². The first kappa shape index (κ1) is 12.3. The Hall–Kier alpha value is -1.75. The number of rotatable bonds is 3. The first-order chi connectivity index (χ1) is 9.22. The molecule has 0 saturated carbocycles. The molecule has 0 amide bonds. The molecule has 1 aliphatic rings. The van der Waals surface area contributed by atoms with Crippen molar-refractivity contribution in [2.45, 2.75) is 13.0 Å². The van der Waals surface area contributed by atoms with Gasteiger partial charge in [0, 0.05) is 29.9 Å². The van der Waals surface area contributed by atoms with Crippen molar-refractivity contribution in [3.63, 3.8) is 0 Å². The molecule has 1 aliphatic heterocycles. The normalized spacial score (nSPS) is 18.9. The molecule has 3 nitrogen and oxygen atoms in total. The molecule has 1 atom stereocenters. The summed E-state index contributed by atoms with van der Waals surface area (Å²) in [6, 6.07) is 3.60. The van der Waals surface area contributed by atoms with Gasteiger partial charge in [-0.05, 0) is 37.6 Å². The highest BCUT2D eigenvalue weighted by Gasteiger charge is 2.16. The summed E-state index contributed by atoms with van der Waals surface area (Å²) >= 11 is 0. The molecule has 5 heteroatoms. The standard InChI is InChI=1S/C14H15F2N3/c15-12-1-2-13(14(16)5-12)11-7-18-19(9-11)8-10-3-4-17-6-10/h1-2,5,7,9-10,17H,3-4,6,8H2. The lowest BCUT2D eigenvalue weighted by Gasteiger charge is -2.07.